The summed E-state index contributed by atoms with van der Waals surface area (Å²) < 4.78 is 11.2. The second-order valence-electron chi connectivity index (χ2n) is 6.24. The molecule has 0 atom stereocenters. The van der Waals surface area contributed by atoms with Gasteiger partial charge in [0.05, 0.1) is 15.9 Å². The number of nitrogens with one attached hydrogen (secondary N) is 1. The molecule has 138 valence electrons. The molecule has 3 heterocycles. The molecule has 1 aliphatic heterocycles. The zero-order chi connectivity index (χ0) is 18.9. The van der Waals surface area contributed by atoms with E-state index in [0.29, 0.717) is 23.8 Å². The van der Waals surface area contributed by atoms with Crippen molar-refractivity contribution in [3.05, 3.63) is 65.8 Å². The van der Waals surface area contributed by atoms with E-state index in [4.69, 9.17) is 9.47 Å². The van der Waals surface area contributed by atoms with Crippen LogP contribution in [0.1, 0.15) is 9.67 Å². The molecule has 0 fully saturated rings. The number of benzene rings is 2. The Labute approximate surface area is 164 Å². The summed E-state index contributed by atoms with van der Waals surface area (Å²) in [7, 11) is 0. The zero-order valence-corrected chi connectivity index (χ0v) is 15.5. The standard InChI is InChI=1S/C21H15N3O3S/c25-21(24-14-2-3-15-16(12-14)23-8-7-22-15)20-6-5-19(28-20)13-1-4-17-18(11-13)27-10-9-26-17/h1-8,11-12H,9-10H2,(H,24,25). The maximum atomic E-state index is 12.6. The number of carbonyl (C=O) groups is 1. The van der Waals surface area contributed by atoms with Gasteiger partial charge in [0.15, 0.2) is 11.5 Å². The molecule has 7 heteroatoms. The Morgan fingerprint density at radius 2 is 1.71 bits per heavy atom. The first kappa shape index (κ1) is 16.7. The van der Waals surface area contributed by atoms with Crippen LogP contribution < -0.4 is 14.8 Å². The molecular formula is C21H15N3O3S. The molecule has 0 bridgehead atoms. The normalized spacial score (nSPS) is 12.7. The molecule has 5 rings (SSSR count). The Morgan fingerprint density at radius 1 is 0.893 bits per heavy atom. The first-order valence-electron chi connectivity index (χ1n) is 8.78. The predicted molar refractivity (Wildman–Crippen MR) is 108 cm³/mol. The van der Waals surface area contributed by atoms with E-state index in [-0.39, 0.29) is 5.91 Å². The Hall–Kier alpha value is -3.45. The molecule has 2 aromatic carbocycles. The molecule has 0 radical (unpaired) electrons. The number of nitrogens with zero attached hydrogens (tertiary/aromatic N) is 2. The van der Waals surface area contributed by atoms with E-state index in [1.165, 1.54) is 11.3 Å². The summed E-state index contributed by atoms with van der Waals surface area (Å²) >= 11 is 1.43. The van der Waals surface area contributed by atoms with E-state index in [1.54, 1.807) is 12.4 Å². The summed E-state index contributed by atoms with van der Waals surface area (Å²) in [5.41, 5.74) is 3.21. The van der Waals surface area contributed by atoms with Crippen LogP contribution in [0, 0.1) is 0 Å². The molecule has 6 nitrogen and oxygen atoms in total. The van der Waals surface area contributed by atoms with Crippen LogP contribution in [0.5, 0.6) is 11.5 Å². The number of aromatic nitrogens is 2. The number of amides is 1. The van der Waals surface area contributed by atoms with Gasteiger partial charge in [0, 0.05) is 23.0 Å². The van der Waals surface area contributed by atoms with Crippen molar-refractivity contribution in [3.8, 4) is 21.9 Å². The number of hydrogen-bond donors (Lipinski definition) is 1. The fourth-order valence-electron chi connectivity index (χ4n) is 3.05. The highest BCUT2D eigenvalue weighted by Gasteiger charge is 2.15. The second kappa shape index (κ2) is 6.94. The van der Waals surface area contributed by atoms with Crippen molar-refractivity contribution >= 4 is 34.0 Å². The number of anilines is 1. The molecule has 1 amide bonds. The second-order valence-corrected chi connectivity index (χ2v) is 7.32. The van der Waals surface area contributed by atoms with Crippen LogP contribution in [0.25, 0.3) is 21.5 Å². The van der Waals surface area contributed by atoms with Gasteiger partial charge in [0.25, 0.3) is 5.91 Å². The monoisotopic (exact) mass is 389 g/mol. The third-order valence-electron chi connectivity index (χ3n) is 4.38. The zero-order valence-electron chi connectivity index (χ0n) is 14.7. The summed E-state index contributed by atoms with van der Waals surface area (Å²) in [5, 5.41) is 2.92. The smallest absolute Gasteiger partial charge is 0.265 e. The van der Waals surface area contributed by atoms with Gasteiger partial charge in [-0.3, -0.25) is 14.8 Å². The van der Waals surface area contributed by atoms with E-state index in [2.05, 4.69) is 15.3 Å². The van der Waals surface area contributed by atoms with Gasteiger partial charge < -0.3 is 14.8 Å². The number of carbonyl (C=O) groups excluding carboxylic acids is 1. The van der Waals surface area contributed by atoms with Crippen LogP contribution in [0.4, 0.5) is 5.69 Å². The van der Waals surface area contributed by atoms with Crippen molar-refractivity contribution < 1.29 is 14.3 Å². The quantitative estimate of drug-likeness (QED) is 0.563. The molecule has 1 aliphatic rings. The molecule has 4 aromatic rings. The van der Waals surface area contributed by atoms with Crippen LogP contribution >= 0.6 is 11.3 Å². The molecule has 0 aliphatic carbocycles. The van der Waals surface area contributed by atoms with E-state index >= 15 is 0 Å². The number of fused-ring (bicyclic) bond motifs is 2. The van der Waals surface area contributed by atoms with Crippen molar-refractivity contribution in [2.24, 2.45) is 0 Å². The summed E-state index contributed by atoms with van der Waals surface area (Å²) in [6, 6.07) is 15.1. The highest BCUT2D eigenvalue weighted by Crippen LogP contribution is 2.37. The van der Waals surface area contributed by atoms with Crippen molar-refractivity contribution in [1.29, 1.82) is 0 Å². The van der Waals surface area contributed by atoms with Crippen LogP contribution in [-0.4, -0.2) is 29.1 Å². The van der Waals surface area contributed by atoms with Gasteiger partial charge in [-0.25, -0.2) is 0 Å². The molecule has 28 heavy (non-hydrogen) atoms. The molecule has 0 saturated heterocycles. The van der Waals surface area contributed by atoms with Crippen molar-refractivity contribution in [1.82, 2.24) is 9.97 Å². The third kappa shape index (κ3) is 3.16. The van der Waals surface area contributed by atoms with Gasteiger partial charge in [0.1, 0.15) is 13.2 Å². The predicted octanol–water partition coefficient (Wildman–Crippen LogP) is 4.38. The minimum atomic E-state index is -0.156. The van der Waals surface area contributed by atoms with Crippen molar-refractivity contribution in [3.63, 3.8) is 0 Å². The summed E-state index contributed by atoms with van der Waals surface area (Å²) in [6.07, 6.45) is 3.28. The van der Waals surface area contributed by atoms with Crippen LogP contribution in [0.3, 0.4) is 0 Å². The van der Waals surface area contributed by atoms with Crippen molar-refractivity contribution in [2.75, 3.05) is 18.5 Å². The van der Waals surface area contributed by atoms with Gasteiger partial charge >= 0.3 is 0 Å². The van der Waals surface area contributed by atoms with Gasteiger partial charge in [-0.2, -0.15) is 0 Å². The average Bonchev–Trinajstić information content (AvgIpc) is 3.24. The molecule has 2 aromatic heterocycles. The van der Waals surface area contributed by atoms with Gasteiger partial charge in [-0.1, -0.05) is 0 Å². The Kier molecular flexibility index (Phi) is 4.14. The average molecular weight is 389 g/mol. The number of rotatable bonds is 3. The summed E-state index contributed by atoms with van der Waals surface area (Å²) in [6.45, 7) is 1.11. The van der Waals surface area contributed by atoms with E-state index < -0.39 is 0 Å². The molecule has 0 spiro atoms. The molecule has 0 saturated carbocycles. The lowest BCUT2D eigenvalue weighted by molar-refractivity contribution is 0.103. The fraction of sp³-hybridized carbons (Fsp3) is 0.0952. The lowest BCUT2D eigenvalue weighted by atomic mass is 10.1. The molecule has 0 unspecified atom stereocenters. The Bertz CT molecular complexity index is 1190. The summed E-state index contributed by atoms with van der Waals surface area (Å²) in [4.78, 5) is 22.8. The first-order valence-corrected chi connectivity index (χ1v) is 9.60. The topological polar surface area (TPSA) is 73.3 Å². The lowest BCUT2D eigenvalue weighted by Crippen LogP contribution is -2.15. The maximum Gasteiger partial charge on any atom is 0.265 e. The SMILES string of the molecule is O=C(Nc1ccc2nccnc2c1)c1ccc(-c2ccc3c(c2)OCCO3)s1. The van der Waals surface area contributed by atoms with Gasteiger partial charge in [0.2, 0.25) is 0 Å². The van der Waals surface area contributed by atoms with E-state index in [0.717, 1.165) is 33.0 Å². The molecular weight excluding hydrogens is 374 g/mol. The lowest BCUT2D eigenvalue weighted by Gasteiger charge is -2.18. The third-order valence-corrected chi connectivity index (χ3v) is 5.52. The Morgan fingerprint density at radius 3 is 2.61 bits per heavy atom. The highest BCUT2D eigenvalue weighted by molar-refractivity contribution is 7.17. The minimum absolute atomic E-state index is 0.156. The highest BCUT2D eigenvalue weighted by atomic mass is 32.1. The van der Waals surface area contributed by atoms with Crippen LogP contribution in [0.15, 0.2) is 60.9 Å². The minimum Gasteiger partial charge on any atom is -0.486 e. The number of thiophene rings is 1. The van der Waals surface area contributed by atoms with Crippen molar-refractivity contribution in [2.45, 2.75) is 0 Å². The maximum absolute atomic E-state index is 12.6. The number of hydrogen-bond acceptors (Lipinski definition) is 6. The van der Waals surface area contributed by atoms with Crippen LogP contribution in [-0.2, 0) is 0 Å². The Balaban J connectivity index is 1.37. The van der Waals surface area contributed by atoms with E-state index in [9.17, 15) is 4.79 Å². The van der Waals surface area contributed by atoms with Crippen LogP contribution in [0.2, 0.25) is 0 Å². The largest absolute Gasteiger partial charge is 0.486 e. The van der Waals surface area contributed by atoms with E-state index in [1.807, 2.05) is 48.5 Å². The number of ether oxygens (including phenoxy) is 2. The molecule has 1 N–H and O–H groups in total. The van der Waals surface area contributed by atoms with Gasteiger partial charge in [-0.15, -0.1) is 11.3 Å². The van der Waals surface area contributed by atoms with Gasteiger partial charge in [-0.05, 0) is 54.1 Å². The first-order chi connectivity index (χ1) is 13.8. The summed E-state index contributed by atoms with van der Waals surface area (Å²) in [5.74, 6) is 1.33. The fourth-order valence-corrected chi connectivity index (χ4v) is 3.94.